The monoisotopic (exact) mass is 348 g/mol. The topological polar surface area (TPSA) is 62.0 Å². The van der Waals surface area contributed by atoms with Crippen molar-refractivity contribution in [3.63, 3.8) is 0 Å². The molecule has 2 aromatic carbocycles. The number of carboxylic acids is 1. The molecular formula is C16H17BrN2O2. The van der Waals surface area contributed by atoms with E-state index in [4.69, 9.17) is 5.11 Å². The van der Waals surface area contributed by atoms with Gasteiger partial charge in [-0.1, -0.05) is 52.3 Å². The molecular weight excluding hydrogens is 332 g/mol. The van der Waals surface area contributed by atoms with E-state index in [2.05, 4.69) is 26.2 Å². The van der Waals surface area contributed by atoms with Gasteiger partial charge in [0.1, 0.15) is 4.32 Å². The summed E-state index contributed by atoms with van der Waals surface area (Å²) in [5.41, 5.74) is 1.74. The molecule has 0 unspecified atom stereocenters. The van der Waals surface area contributed by atoms with Crippen LogP contribution in [0.1, 0.15) is 13.8 Å². The molecule has 0 saturated carbocycles. The Morgan fingerprint density at radius 2 is 1.19 bits per heavy atom. The summed E-state index contributed by atoms with van der Waals surface area (Å²) >= 11 is 2.94. The van der Waals surface area contributed by atoms with Gasteiger partial charge in [-0.25, -0.2) is 0 Å². The van der Waals surface area contributed by atoms with Gasteiger partial charge in [0.15, 0.2) is 0 Å². The van der Waals surface area contributed by atoms with Gasteiger partial charge in [0.05, 0.1) is 11.4 Å². The number of carboxylic acid groups (broad SMARTS) is 1. The molecule has 2 aromatic rings. The van der Waals surface area contributed by atoms with Gasteiger partial charge >= 0.3 is 5.97 Å². The lowest BCUT2D eigenvalue weighted by Gasteiger charge is -2.06. The van der Waals surface area contributed by atoms with Crippen molar-refractivity contribution < 1.29 is 9.90 Å². The first kappa shape index (κ1) is 17.0. The van der Waals surface area contributed by atoms with Crippen molar-refractivity contribution in [2.75, 3.05) is 0 Å². The number of rotatable bonds is 3. The van der Waals surface area contributed by atoms with E-state index < -0.39 is 10.3 Å². The molecule has 2 rings (SSSR count). The SMILES string of the molecule is CC(C)(Br)C(=O)O.c1ccc(N=Nc2ccccc2)cc1. The van der Waals surface area contributed by atoms with Gasteiger partial charge in [0, 0.05) is 0 Å². The van der Waals surface area contributed by atoms with Crippen molar-refractivity contribution in [3.05, 3.63) is 60.7 Å². The zero-order valence-electron chi connectivity index (χ0n) is 11.9. The maximum absolute atomic E-state index is 9.97. The summed E-state index contributed by atoms with van der Waals surface area (Å²) in [6.07, 6.45) is 0. The molecule has 0 aromatic heterocycles. The lowest BCUT2D eigenvalue weighted by atomic mass is 10.2. The van der Waals surface area contributed by atoms with Gasteiger partial charge in [-0.2, -0.15) is 10.2 Å². The fourth-order valence-electron chi connectivity index (χ4n) is 1.10. The fraction of sp³-hybridized carbons (Fsp3) is 0.188. The van der Waals surface area contributed by atoms with E-state index in [1.807, 2.05) is 60.7 Å². The van der Waals surface area contributed by atoms with Crippen LogP contribution in [-0.2, 0) is 4.79 Å². The zero-order chi connectivity index (χ0) is 15.7. The summed E-state index contributed by atoms with van der Waals surface area (Å²) in [7, 11) is 0. The highest BCUT2D eigenvalue weighted by atomic mass is 79.9. The maximum Gasteiger partial charge on any atom is 0.319 e. The minimum absolute atomic E-state index is 0.771. The minimum atomic E-state index is -0.840. The fourth-order valence-corrected chi connectivity index (χ4v) is 1.10. The summed E-state index contributed by atoms with van der Waals surface area (Å²) in [6.45, 7) is 3.16. The second-order valence-corrected chi connectivity index (χ2v) is 6.63. The van der Waals surface area contributed by atoms with Crippen molar-refractivity contribution >= 4 is 33.3 Å². The second kappa shape index (κ2) is 8.32. The van der Waals surface area contributed by atoms with Crippen LogP contribution < -0.4 is 0 Å². The molecule has 0 atom stereocenters. The first-order valence-corrected chi connectivity index (χ1v) is 7.13. The van der Waals surface area contributed by atoms with Crippen molar-refractivity contribution in [3.8, 4) is 0 Å². The number of benzene rings is 2. The third-order valence-electron chi connectivity index (χ3n) is 2.30. The van der Waals surface area contributed by atoms with Gasteiger partial charge in [0.25, 0.3) is 0 Å². The molecule has 0 fully saturated rings. The van der Waals surface area contributed by atoms with Crippen LogP contribution in [0.25, 0.3) is 0 Å². The summed E-state index contributed by atoms with van der Waals surface area (Å²) in [5.74, 6) is -0.840. The summed E-state index contributed by atoms with van der Waals surface area (Å²) in [5, 5.41) is 16.4. The first-order chi connectivity index (χ1) is 9.89. The van der Waals surface area contributed by atoms with Crippen LogP contribution in [0, 0.1) is 0 Å². The number of hydrogen-bond donors (Lipinski definition) is 1. The van der Waals surface area contributed by atoms with Crippen LogP contribution in [0.15, 0.2) is 70.9 Å². The molecule has 5 heteroatoms. The third-order valence-corrected chi connectivity index (χ3v) is 2.64. The lowest BCUT2D eigenvalue weighted by molar-refractivity contribution is -0.138. The van der Waals surface area contributed by atoms with Crippen LogP contribution in [-0.4, -0.2) is 15.4 Å². The Labute approximate surface area is 132 Å². The number of hydrogen-bond acceptors (Lipinski definition) is 3. The van der Waals surface area contributed by atoms with Crippen molar-refractivity contribution in [1.29, 1.82) is 0 Å². The molecule has 0 aliphatic heterocycles. The average molecular weight is 349 g/mol. The maximum atomic E-state index is 9.97. The quantitative estimate of drug-likeness (QED) is 0.600. The molecule has 0 saturated heterocycles. The van der Waals surface area contributed by atoms with Gasteiger partial charge in [0.2, 0.25) is 0 Å². The zero-order valence-corrected chi connectivity index (χ0v) is 13.5. The average Bonchev–Trinajstić information content (AvgIpc) is 2.47. The Kier molecular flexibility index (Phi) is 6.75. The van der Waals surface area contributed by atoms with Crippen LogP contribution in [0.5, 0.6) is 0 Å². The largest absolute Gasteiger partial charge is 0.480 e. The van der Waals surface area contributed by atoms with Gasteiger partial charge < -0.3 is 5.11 Å². The van der Waals surface area contributed by atoms with E-state index >= 15 is 0 Å². The number of aliphatic carboxylic acids is 1. The number of alkyl halides is 1. The van der Waals surface area contributed by atoms with E-state index in [0.29, 0.717) is 0 Å². The number of halogens is 1. The van der Waals surface area contributed by atoms with Crippen LogP contribution in [0.4, 0.5) is 11.4 Å². The molecule has 4 nitrogen and oxygen atoms in total. The van der Waals surface area contributed by atoms with Crippen molar-refractivity contribution in [2.45, 2.75) is 18.2 Å². The molecule has 1 N–H and O–H groups in total. The molecule has 0 aliphatic carbocycles. The summed E-state index contributed by atoms with van der Waals surface area (Å²) < 4.78 is -0.771. The van der Waals surface area contributed by atoms with E-state index in [-0.39, 0.29) is 0 Å². The van der Waals surface area contributed by atoms with Crippen LogP contribution in [0.3, 0.4) is 0 Å². The van der Waals surface area contributed by atoms with E-state index in [1.165, 1.54) is 0 Å². The summed E-state index contributed by atoms with van der Waals surface area (Å²) in [6, 6.07) is 19.4. The second-order valence-electron chi connectivity index (χ2n) is 4.65. The standard InChI is InChI=1S/C12H10N2.C4H7BrO2/c1-3-7-11(8-4-1)13-14-12-9-5-2-6-10-12;1-4(2,5)3(6)7/h1-10H;1-2H3,(H,6,7). The molecule has 21 heavy (non-hydrogen) atoms. The van der Waals surface area contributed by atoms with Crippen molar-refractivity contribution in [2.24, 2.45) is 10.2 Å². The molecule has 0 amide bonds. The Bertz CT molecular complexity index is 537. The Balaban J connectivity index is 0.000000270. The minimum Gasteiger partial charge on any atom is -0.480 e. The predicted molar refractivity (Wildman–Crippen MR) is 87.7 cm³/mol. The number of nitrogens with zero attached hydrogens (tertiary/aromatic N) is 2. The molecule has 0 bridgehead atoms. The molecule has 0 radical (unpaired) electrons. The lowest BCUT2D eigenvalue weighted by Crippen LogP contribution is -2.22. The highest BCUT2D eigenvalue weighted by molar-refractivity contribution is 9.10. The predicted octanol–water partition coefficient (Wildman–Crippen LogP) is 5.35. The molecule has 0 aliphatic rings. The number of azo groups is 1. The highest BCUT2D eigenvalue weighted by Crippen LogP contribution is 2.16. The Morgan fingerprint density at radius 3 is 1.43 bits per heavy atom. The first-order valence-electron chi connectivity index (χ1n) is 6.34. The third kappa shape index (κ3) is 7.37. The van der Waals surface area contributed by atoms with Gasteiger partial charge in [-0.3, -0.25) is 4.79 Å². The normalized spacial score (nSPS) is 10.8. The molecule has 0 spiro atoms. The molecule has 0 heterocycles. The number of carbonyl (C=O) groups is 1. The molecule has 110 valence electrons. The van der Waals surface area contributed by atoms with E-state index in [9.17, 15) is 4.79 Å². The highest BCUT2D eigenvalue weighted by Gasteiger charge is 2.21. The van der Waals surface area contributed by atoms with E-state index in [1.54, 1.807) is 13.8 Å². The van der Waals surface area contributed by atoms with E-state index in [0.717, 1.165) is 11.4 Å². The van der Waals surface area contributed by atoms with Crippen LogP contribution >= 0.6 is 15.9 Å². The van der Waals surface area contributed by atoms with Crippen molar-refractivity contribution in [1.82, 2.24) is 0 Å². The Morgan fingerprint density at radius 1 is 0.905 bits per heavy atom. The van der Waals surface area contributed by atoms with Gasteiger partial charge in [-0.05, 0) is 38.1 Å². The summed E-state index contributed by atoms with van der Waals surface area (Å²) in [4.78, 5) is 9.97. The smallest absolute Gasteiger partial charge is 0.319 e. The van der Waals surface area contributed by atoms with Gasteiger partial charge in [-0.15, -0.1) is 0 Å². The van der Waals surface area contributed by atoms with Crippen LogP contribution in [0.2, 0.25) is 0 Å². The Hall–Kier alpha value is -2.01.